The quantitative estimate of drug-likeness (QED) is 0.0623. The molecule has 4 saturated heterocycles. The maximum Gasteiger partial charge on any atom is 0.338 e. The predicted molar refractivity (Wildman–Crippen MR) is 265 cm³/mol. The molecule has 2 aromatic rings. The van der Waals surface area contributed by atoms with Gasteiger partial charge in [-0.05, 0) is 54.7 Å². The summed E-state index contributed by atoms with van der Waals surface area (Å²) in [6, 6.07) is 18.4. The molecule has 20 atom stereocenters. The Bertz CT molecular complexity index is 2020. The maximum absolute atomic E-state index is 13.8. The van der Waals surface area contributed by atoms with Crippen LogP contribution in [0.25, 0.3) is 0 Å². The lowest BCUT2D eigenvalue weighted by Crippen LogP contribution is -2.61. The topological polar surface area (TPSA) is 188 Å². The van der Waals surface area contributed by atoms with Gasteiger partial charge < -0.3 is 61.6 Å². The van der Waals surface area contributed by atoms with Gasteiger partial charge in [-0.2, -0.15) is 0 Å². The van der Waals surface area contributed by atoms with Crippen LogP contribution in [0, 0.1) is 41.4 Å². The van der Waals surface area contributed by atoms with E-state index in [1.54, 1.807) is 24.3 Å². The lowest BCUT2D eigenvalue weighted by Gasteiger charge is -2.49. The van der Waals surface area contributed by atoms with E-state index >= 15 is 0 Å². The minimum Gasteiger partial charge on any atom is -0.469 e. The average Bonchev–Trinajstić information content (AvgIpc) is 3.38. The molecule has 0 bridgehead atoms. The number of carbonyl (C=O) groups excluding carboxylic acids is 4. The number of hydrogen-bond donors (Lipinski definition) is 0. The second-order valence-electron chi connectivity index (χ2n) is 20.5. The van der Waals surface area contributed by atoms with Gasteiger partial charge in [-0.15, -0.1) is 0 Å². The molecule has 4 heterocycles. The van der Waals surface area contributed by atoms with Gasteiger partial charge in [0.1, 0.15) is 6.10 Å². The number of ether oxygens (including phenoxy) is 13. The summed E-state index contributed by atoms with van der Waals surface area (Å²) in [5, 5.41) is 0. The zero-order valence-corrected chi connectivity index (χ0v) is 44.9. The summed E-state index contributed by atoms with van der Waals surface area (Å²) in [4.78, 5) is 50.9. The summed E-state index contributed by atoms with van der Waals surface area (Å²) in [5.74, 6) is -2.80. The van der Waals surface area contributed by atoms with Crippen molar-refractivity contribution in [2.75, 3.05) is 26.9 Å². The molecule has 4 aliphatic rings. The van der Waals surface area contributed by atoms with Gasteiger partial charge in [0, 0.05) is 43.9 Å². The molecule has 0 radical (unpaired) electrons. The van der Waals surface area contributed by atoms with E-state index in [0.717, 1.165) is 12.0 Å². The number of esters is 4. The van der Waals surface area contributed by atoms with E-state index in [0.29, 0.717) is 18.4 Å². The van der Waals surface area contributed by atoms with Gasteiger partial charge >= 0.3 is 23.9 Å². The number of carbonyl (C=O) groups is 4. The Morgan fingerprint density at radius 1 is 0.493 bits per heavy atom. The van der Waals surface area contributed by atoms with E-state index < -0.39 is 91.7 Å². The van der Waals surface area contributed by atoms with Crippen LogP contribution in [0.5, 0.6) is 0 Å². The first-order valence-corrected chi connectivity index (χ1v) is 26.4. The number of rotatable bonds is 22. The number of benzene rings is 2. The first kappa shape index (κ1) is 58.2. The standard InChI is InChI=1S/C56H82O17/c1-13-42-31(3)34(6)48(66-38(10)57)53(68-42)64-29-44-33(5)36(8)49(72-52(60)41-24-19-16-20-25-41)54(70-44)65-30-45-37(9)47(73-56-50(67-39(11)58)35(7)32(4)43(14-2)69-56)51(63-28-40-22-17-15-18-23-40)55(71-45)62-27-21-26-46(59)61-12/h15-20,22-25,31-37,42-45,47-51,53-56H,13-14,21,26-30H2,1-12H3/t31-,32-,33-,34+,35+,36+,37+,42?,43?,44?,45?,47+,48?,49?,50?,51?,53-,54-,55-,56+/m1/s1. The van der Waals surface area contributed by atoms with E-state index in [2.05, 4.69) is 20.8 Å². The smallest absolute Gasteiger partial charge is 0.338 e. The molecule has 17 nitrogen and oxygen atoms in total. The second kappa shape index (κ2) is 27.7. The Morgan fingerprint density at radius 3 is 1.47 bits per heavy atom. The van der Waals surface area contributed by atoms with Crippen LogP contribution in [0.4, 0.5) is 0 Å². The highest BCUT2D eigenvalue weighted by Crippen LogP contribution is 2.41. The second-order valence-corrected chi connectivity index (χ2v) is 20.5. The van der Waals surface area contributed by atoms with Crippen LogP contribution in [0.1, 0.15) is 118 Å². The van der Waals surface area contributed by atoms with Crippen molar-refractivity contribution in [1.82, 2.24) is 0 Å². The summed E-state index contributed by atoms with van der Waals surface area (Å²) in [6.07, 6.45) is -7.63. The first-order chi connectivity index (χ1) is 34.9. The van der Waals surface area contributed by atoms with Crippen molar-refractivity contribution >= 4 is 23.9 Å². The highest BCUT2D eigenvalue weighted by Gasteiger charge is 2.53. The molecule has 0 spiro atoms. The van der Waals surface area contributed by atoms with Crippen LogP contribution in [-0.2, 0) is 82.6 Å². The summed E-state index contributed by atoms with van der Waals surface area (Å²) in [7, 11) is 1.34. The monoisotopic (exact) mass is 1030 g/mol. The van der Waals surface area contributed by atoms with Crippen molar-refractivity contribution in [2.24, 2.45) is 41.4 Å². The molecule has 4 aliphatic heterocycles. The normalized spacial score (nSPS) is 36.7. The predicted octanol–water partition coefficient (Wildman–Crippen LogP) is 8.22. The minimum absolute atomic E-state index is 0.0411. The molecule has 408 valence electrons. The number of methoxy groups -OCH3 is 1. The third-order valence-corrected chi connectivity index (χ3v) is 15.7. The molecule has 0 aromatic heterocycles. The van der Waals surface area contributed by atoms with E-state index in [-0.39, 0.29) is 86.5 Å². The van der Waals surface area contributed by atoms with E-state index in [9.17, 15) is 19.2 Å². The van der Waals surface area contributed by atoms with Gasteiger partial charge in [-0.3, -0.25) is 14.4 Å². The van der Waals surface area contributed by atoms with Gasteiger partial charge in [-0.25, -0.2) is 4.79 Å². The van der Waals surface area contributed by atoms with Crippen molar-refractivity contribution in [2.45, 2.75) is 189 Å². The third-order valence-electron chi connectivity index (χ3n) is 15.7. The fraction of sp³-hybridized carbons (Fsp3) is 0.714. The fourth-order valence-corrected chi connectivity index (χ4v) is 10.5. The van der Waals surface area contributed by atoms with Crippen LogP contribution < -0.4 is 0 Å². The van der Waals surface area contributed by atoms with Gasteiger partial charge in [0.2, 0.25) is 0 Å². The Hall–Kier alpha value is -4.04. The lowest BCUT2D eigenvalue weighted by atomic mass is 9.82. The van der Waals surface area contributed by atoms with Gasteiger partial charge in [0.05, 0.1) is 69.6 Å². The zero-order chi connectivity index (χ0) is 52.9. The van der Waals surface area contributed by atoms with Gasteiger partial charge in [-0.1, -0.05) is 111 Å². The largest absolute Gasteiger partial charge is 0.469 e. The van der Waals surface area contributed by atoms with Crippen molar-refractivity contribution in [3.8, 4) is 0 Å². The third kappa shape index (κ3) is 15.1. The highest BCUT2D eigenvalue weighted by atomic mass is 16.8. The lowest BCUT2D eigenvalue weighted by molar-refractivity contribution is -0.357. The zero-order valence-electron chi connectivity index (χ0n) is 44.9. The molecule has 73 heavy (non-hydrogen) atoms. The van der Waals surface area contributed by atoms with Crippen LogP contribution in [0.15, 0.2) is 60.7 Å². The Labute approximate surface area is 432 Å². The van der Waals surface area contributed by atoms with Crippen LogP contribution in [0.3, 0.4) is 0 Å². The molecule has 0 saturated carbocycles. The van der Waals surface area contributed by atoms with E-state index in [1.165, 1.54) is 21.0 Å². The van der Waals surface area contributed by atoms with Gasteiger partial charge in [0.15, 0.2) is 43.5 Å². The van der Waals surface area contributed by atoms with Crippen molar-refractivity contribution in [3.63, 3.8) is 0 Å². The van der Waals surface area contributed by atoms with Crippen molar-refractivity contribution < 1.29 is 80.8 Å². The molecule has 17 heteroatoms. The first-order valence-electron chi connectivity index (χ1n) is 26.4. The van der Waals surface area contributed by atoms with E-state index in [1.807, 2.05) is 77.9 Å². The molecule has 0 N–H and O–H groups in total. The number of hydrogen-bond acceptors (Lipinski definition) is 17. The minimum atomic E-state index is -1.12. The fourth-order valence-electron chi connectivity index (χ4n) is 10.5. The summed E-state index contributed by atoms with van der Waals surface area (Å²) in [5.41, 5.74) is 1.28. The Kier molecular flexibility index (Phi) is 22.1. The van der Waals surface area contributed by atoms with Crippen LogP contribution in [0.2, 0.25) is 0 Å². The molecular weight excluding hydrogens is 945 g/mol. The van der Waals surface area contributed by atoms with Crippen molar-refractivity contribution in [3.05, 3.63) is 71.8 Å². The summed E-state index contributed by atoms with van der Waals surface area (Å²) < 4.78 is 83.3. The van der Waals surface area contributed by atoms with Gasteiger partial charge in [0.25, 0.3) is 0 Å². The van der Waals surface area contributed by atoms with Crippen LogP contribution in [-0.4, -0.2) is 131 Å². The average molecular weight is 1030 g/mol. The van der Waals surface area contributed by atoms with E-state index in [4.69, 9.17) is 61.6 Å². The SMILES string of the molecule is CCC1O[C@@H](OCC2O[C@@H](OCC3O[C@@H](OCCCC(=O)OC)C(OCc4ccccc4)[C@@H](O[C@@H]4OC(CC)[C@H](C)[C@H](C)C4OC(C)=O)[C@H]3C)C(OC(=O)c3ccccc3)[C@@H](C)[C@H]2C)C(OC(C)=O)[C@@H](C)[C@H]1C. The molecule has 8 unspecified atom stereocenters. The summed E-state index contributed by atoms with van der Waals surface area (Å²) >= 11 is 0. The molecular formula is C56H82O17. The Balaban J connectivity index is 1.31. The maximum atomic E-state index is 13.8. The molecule has 6 rings (SSSR count). The highest BCUT2D eigenvalue weighted by molar-refractivity contribution is 5.89. The molecule has 0 amide bonds. The van der Waals surface area contributed by atoms with Crippen LogP contribution >= 0.6 is 0 Å². The molecule has 0 aliphatic carbocycles. The molecule has 2 aromatic carbocycles. The van der Waals surface area contributed by atoms with Crippen molar-refractivity contribution in [1.29, 1.82) is 0 Å². The summed E-state index contributed by atoms with van der Waals surface area (Å²) in [6.45, 7) is 21.3. The Morgan fingerprint density at radius 2 is 0.945 bits per heavy atom. The molecule has 4 fully saturated rings.